The Balaban J connectivity index is 2.06. The summed E-state index contributed by atoms with van der Waals surface area (Å²) in [7, 11) is 0. The molecule has 1 unspecified atom stereocenters. The first kappa shape index (κ1) is 10.5. The quantitative estimate of drug-likeness (QED) is 0.720. The van der Waals surface area contributed by atoms with Crippen molar-refractivity contribution in [3.8, 4) is 0 Å². The second kappa shape index (κ2) is 5.97. The van der Waals surface area contributed by atoms with Crippen LogP contribution in [0.15, 0.2) is 0 Å². The second-order valence-electron chi connectivity index (χ2n) is 3.48. The van der Waals surface area contributed by atoms with Crippen LogP contribution < -0.4 is 5.32 Å². The molecule has 1 N–H and O–H groups in total. The van der Waals surface area contributed by atoms with E-state index in [9.17, 15) is 4.79 Å². The van der Waals surface area contributed by atoms with E-state index in [1.165, 1.54) is 12.8 Å². The monoisotopic (exact) mass is 185 g/mol. The van der Waals surface area contributed by atoms with Crippen molar-refractivity contribution in [3.05, 3.63) is 0 Å². The van der Waals surface area contributed by atoms with E-state index in [2.05, 4.69) is 5.32 Å². The van der Waals surface area contributed by atoms with Gasteiger partial charge in [-0.15, -0.1) is 0 Å². The van der Waals surface area contributed by atoms with Gasteiger partial charge in [0, 0.05) is 19.6 Å². The van der Waals surface area contributed by atoms with Gasteiger partial charge in [0.05, 0.1) is 6.10 Å². The predicted molar refractivity (Wildman–Crippen MR) is 51.5 cm³/mol. The Kier molecular flexibility index (Phi) is 4.83. The Bertz CT molecular complexity index is 153. The van der Waals surface area contributed by atoms with Crippen molar-refractivity contribution in [2.45, 2.75) is 45.1 Å². The van der Waals surface area contributed by atoms with Crippen LogP contribution in [0.1, 0.15) is 39.0 Å². The summed E-state index contributed by atoms with van der Waals surface area (Å²) in [6, 6.07) is 0. The molecule has 76 valence electrons. The van der Waals surface area contributed by atoms with Crippen LogP contribution in [0.5, 0.6) is 0 Å². The van der Waals surface area contributed by atoms with Gasteiger partial charge in [0.1, 0.15) is 0 Å². The van der Waals surface area contributed by atoms with Crippen molar-refractivity contribution in [2.75, 3.05) is 13.2 Å². The summed E-state index contributed by atoms with van der Waals surface area (Å²) < 4.78 is 5.53. The number of amides is 1. The first-order valence-corrected chi connectivity index (χ1v) is 5.21. The fraction of sp³-hybridized carbons (Fsp3) is 0.900. The molecule has 13 heavy (non-hydrogen) atoms. The fourth-order valence-electron chi connectivity index (χ4n) is 1.61. The van der Waals surface area contributed by atoms with Crippen molar-refractivity contribution in [1.82, 2.24) is 5.32 Å². The van der Waals surface area contributed by atoms with Crippen molar-refractivity contribution in [1.29, 1.82) is 0 Å². The van der Waals surface area contributed by atoms with Crippen LogP contribution in [-0.2, 0) is 9.53 Å². The molecule has 1 aliphatic heterocycles. The summed E-state index contributed by atoms with van der Waals surface area (Å²) in [6.07, 6.45) is 5.37. The summed E-state index contributed by atoms with van der Waals surface area (Å²) in [5, 5.41) is 2.79. The number of ether oxygens (including phenoxy) is 1. The van der Waals surface area contributed by atoms with Crippen molar-refractivity contribution in [3.63, 3.8) is 0 Å². The van der Waals surface area contributed by atoms with E-state index in [4.69, 9.17) is 4.74 Å². The van der Waals surface area contributed by atoms with E-state index in [0.29, 0.717) is 12.5 Å². The molecule has 0 aromatic rings. The molecule has 1 fully saturated rings. The zero-order chi connectivity index (χ0) is 9.52. The first-order chi connectivity index (χ1) is 6.33. The predicted octanol–water partition coefficient (Wildman–Crippen LogP) is 1.47. The summed E-state index contributed by atoms with van der Waals surface area (Å²) in [6.45, 7) is 3.54. The van der Waals surface area contributed by atoms with Gasteiger partial charge in [-0.05, 0) is 32.6 Å². The van der Waals surface area contributed by atoms with E-state index < -0.39 is 0 Å². The minimum Gasteiger partial charge on any atom is -0.378 e. The summed E-state index contributed by atoms with van der Waals surface area (Å²) in [5.41, 5.74) is 0. The molecule has 1 saturated heterocycles. The third-order valence-electron chi connectivity index (χ3n) is 2.34. The van der Waals surface area contributed by atoms with Crippen LogP contribution in [0, 0.1) is 0 Å². The number of hydrogen-bond donors (Lipinski definition) is 1. The summed E-state index contributed by atoms with van der Waals surface area (Å²) in [4.78, 5) is 11.1. The lowest BCUT2D eigenvalue weighted by atomic mass is 10.0. The molecule has 0 saturated carbocycles. The Morgan fingerprint density at radius 3 is 3.00 bits per heavy atom. The third kappa shape index (κ3) is 4.27. The molecule has 0 aromatic heterocycles. The van der Waals surface area contributed by atoms with E-state index in [1.807, 2.05) is 6.92 Å². The van der Waals surface area contributed by atoms with Gasteiger partial charge < -0.3 is 10.1 Å². The standard InChI is InChI=1S/C10H19NO2/c1-2-11-10(12)7-6-9-5-3-4-8-13-9/h9H,2-8H2,1H3,(H,11,12). The normalized spacial score (nSPS) is 22.7. The highest BCUT2D eigenvalue weighted by atomic mass is 16.5. The van der Waals surface area contributed by atoms with Gasteiger partial charge in [0.25, 0.3) is 0 Å². The molecule has 0 bridgehead atoms. The molecule has 3 nitrogen and oxygen atoms in total. The average Bonchev–Trinajstić information content (AvgIpc) is 2.17. The maximum absolute atomic E-state index is 11.1. The van der Waals surface area contributed by atoms with Crippen molar-refractivity contribution >= 4 is 5.91 Å². The average molecular weight is 185 g/mol. The smallest absolute Gasteiger partial charge is 0.220 e. The largest absolute Gasteiger partial charge is 0.378 e. The molecule has 0 spiro atoms. The fourth-order valence-corrected chi connectivity index (χ4v) is 1.61. The van der Waals surface area contributed by atoms with Crippen LogP contribution in [0.4, 0.5) is 0 Å². The molecule has 1 amide bonds. The lowest BCUT2D eigenvalue weighted by Gasteiger charge is -2.22. The number of carbonyl (C=O) groups is 1. The van der Waals surface area contributed by atoms with E-state index in [0.717, 1.165) is 26.0 Å². The Labute approximate surface area is 79.8 Å². The molecule has 1 rings (SSSR count). The van der Waals surface area contributed by atoms with Crippen molar-refractivity contribution in [2.24, 2.45) is 0 Å². The van der Waals surface area contributed by atoms with Crippen LogP contribution in [-0.4, -0.2) is 25.2 Å². The maximum Gasteiger partial charge on any atom is 0.220 e. The van der Waals surface area contributed by atoms with E-state index in [-0.39, 0.29) is 5.91 Å². The van der Waals surface area contributed by atoms with Gasteiger partial charge in [-0.25, -0.2) is 0 Å². The van der Waals surface area contributed by atoms with Crippen LogP contribution in [0.25, 0.3) is 0 Å². The topological polar surface area (TPSA) is 38.3 Å². The van der Waals surface area contributed by atoms with Gasteiger partial charge in [0.2, 0.25) is 5.91 Å². The molecule has 3 heteroatoms. The van der Waals surface area contributed by atoms with Crippen LogP contribution >= 0.6 is 0 Å². The Hall–Kier alpha value is -0.570. The van der Waals surface area contributed by atoms with Crippen LogP contribution in [0.2, 0.25) is 0 Å². The number of carbonyl (C=O) groups excluding carboxylic acids is 1. The minimum atomic E-state index is 0.150. The molecule has 0 aliphatic carbocycles. The Morgan fingerprint density at radius 2 is 2.38 bits per heavy atom. The van der Waals surface area contributed by atoms with Gasteiger partial charge in [-0.1, -0.05) is 0 Å². The lowest BCUT2D eigenvalue weighted by molar-refractivity contribution is -0.122. The third-order valence-corrected chi connectivity index (χ3v) is 2.34. The maximum atomic E-state index is 11.1. The van der Waals surface area contributed by atoms with E-state index in [1.54, 1.807) is 0 Å². The highest BCUT2D eigenvalue weighted by molar-refractivity contribution is 5.75. The SMILES string of the molecule is CCNC(=O)CCC1CCCCO1. The molecule has 0 radical (unpaired) electrons. The van der Waals surface area contributed by atoms with Gasteiger partial charge in [0.15, 0.2) is 0 Å². The van der Waals surface area contributed by atoms with E-state index >= 15 is 0 Å². The van der Waals surface area contributed by atoms with Crippen LogP contribution in [0.3, 0.4) is 0 Å². The second-order valence-corrected chi connectivity index (χ2v) is 3.48. The molecular formula is C10H19NO2. The molecule has 0 aromatic carbocycles. The molecular weight excluding hydrogens is 166 g/mol. The lowest BCUT2D eigenvalue weighted by Crippen LogP contribution is -2.26. The summed E-state index contributed by atoms with van der Waals surface area (Å²) in [5.74, 6) is 0.150. The number of nitrogens with one attached hydrogen (secondary N) is 1. The van der Waals surface area contributed by atoms with Gasteiger partial charge in [-0.2, -0.15) is 0 Å². The highest BCUT2D eigenvalue weighted by Crippen LogP contribution is 2.16. The van der Waals surface area contributed by atoms with Crippen molar-refractivity contribution < 1.29 is 9.53 Å². The zero-order valence-electron chi connectivity index (χ0n) is 8.34. The first-order valence-electron chi connectivity index (χ1n) is 5.21. The highest BCUT2D eigenvalue weighted by Gasteiger charge is 2.14. The molecule has 1 atom stereocenters. The minimum absolute atomic E-state index is 0.150. The zero-order valence-corrected chi connectivity index (χ0v) is 8.34. The Morgan fingerprint density at radius 1 is 1.54 bits per heavy atom. The molecule has 1 heterocycles. The molecule has 1 aliphatic rings. The number of rotatable bonds is 4. The van der Waals surface area contributed by atoms with Gasteiger partial charge in [-0.3, -0.25) is 4.79 Å². The van der Waals surface area contributed by atoms with Gasteiger partial charge >= 0.3 is 0 Å². The number of hydrogen-bond acceptors (Lipinski definition) is 2. The summed E-state index contributed by atoms with van der Waals surface area (Å²) >= 11 is 0.